The van der Waals surface area contributed by atoms with Gasteiger partial charge in [0.2, 0.25) is 0 Å². The number of phenolic OH excluding ortho intramolecular Hbond substituents is 1. The van der Waals surface area contributed by atoms with Crippen LogP contribution in [0.5, 0.6) is 5.75 Å². The molecule has 1 aromatic carbocycles. The van der Waals surface area contributed by atoms with Crippen molar-refractivity contribution in [2.45, 2.75) is 24.7 Å². The van der Waals surface area contributed by atoms with Gasteiger partial charge in [-0.2, -0.15) is 0 Å². The molecule has 0 radical (unpaired) electrons. The number of rotatable bonds is 1. The number of aromatic hydroxyl groups is 1. The molecule has 1 aliphatic carbocycles. The number of hydrogen-bond donors (Lipinski definition) is 2. The van der Waals surface area contributed by atoms with Crippen LogP contribution in [0.25, 0.3) is 0 Å². The average molecular weight is 234 g/mol. The Hall–Kier alpha value is -1.03. The molecule has 1 unspecified atom stereocenters. The number of benzene rings is 1. The first kappa shape index (κ1) is 10.5. The lowest BCUT2D eigenvalue weighted by Gasteiger charge is -2.14. The van der Waals surface area contributed by atoms with Gasteiger partial charge in [-0.1, -0.05) is 11.6 Å². The predicted octanol–water partition coefficient (Wildman–Crippen LogP) is 2.92. The summed E-state index contributed by atoms with van der Waals surface area (Å²) in [5, 5.41) is 9.37. The summed E-state index contributed by atoms with van der Waals surface area (Å²) in [6, 6.07) is 2.52. The second kappa shape index (κ2) is 2.76. The van der Waals surface area contributed by atoms with Crippen molar-refractivity contribution in [3.63, 3.8) is 0 Å². The van der Waals surface area contributed by atoms with Crippen LogP contribution >= 0.6 is 11.6 Å². The Morgan fingerprint density at radius 3 is 2.47 bits per heavy atom. The molecule has 15 heavy (non-hydrogen) atoms. The minimum Gasteiger partial charge on any atom is -0.506 e. The van der Waals surface area contributed by atoms with Gasteiger partial charge in [0.25, 0.3) is 5.92 Å². The van der Waals surface area contributed by atoms with E-state index in [9.17, 15) is 13.9 Å². The van der Waals surface area contributed by atoms with Gasteiger partial charge in [0.15, 0.2) is 0 Å². The van der Waals surface area contributed by atoms with E-state index in [0.717, 1.165) is 0 Å². The molecule has 3 N–H and O–H groups in total. The summed E-state index contributed by atoms with van der Waals surface area (Å²) in [6.45, 7) is 1.44. The number of phenols is 1. The van der Waals surface area contributed by atoms with Crippen LogP contribution in [-0.2, 0) is 5.41 Å². The summed E-state index contributed by atoms with van der Waals surface area (Å²) in [4.78, 5) is 0. The summed E-state index contributed by atoms with van der Waals surface area (Å²) in [7, 11) is 0. The quantitative estimate of drug-likeness (QED) is 0.579. The molecule has 0 heterocycles. The van der Waals surface area contributed by atoms with Crippen LogP contribution < -0.4 is 5.73 Å². The SMILES string of the molecule is CC1(c2cc(N)c(O)cc2Cl)CC1(F)F. The summed E-state index contributed by atoms with van der Waals surface area (Å²) >= 11 is 5.80. The normalized spacial score (nSPS) is 27.7. The maximum absolute atomic E-state index is 13.1. The maximum Gasteiger partial charge on any atom is 0.258 e. The topological polar surface area (TPSA) is 46.2 Å². The van der Waals surface area contributed by atoms with E-state index in [1.165, 1.54) is 19.1 Å². The molecular formula is C10H10ClF2NO. The molecule has 1 atom stereocenters. The third-order valence-electron chi connectivity index (χ3n) is 2.97. The van der Waals surface area contributed by atoms with E-state index < -0.39 is 11.3 Å². The van der Waals surface area contributed by atoms with Gasteiger partial charge in [-0.3, -0.25) is 0 Å². The van der Waals surface area contributed by atoms with E-state index in [-0.39, 0.29) is 22.9 Å². The Kier molecular flexibility index (Phi) is 1.93. The molecule has 82 valence electrons. The van der Waals surface area contributed by atoms with Gasteiger partial charge in [-0.05, 0) is 18.6 Å². The molecule has 5 heteroatoms. The van der Waals surface area contributed by atoms with Crippen LogP contribution in [0, 0.1) is 0 Å². The highest BCUT2D eigenvalue weighted by Crippen LogP contribution is 2.62. The molecule has 0 bridgehead atoms. The second-order valence-electron chi connectivity index (χ2n) is 4.10. The van der Waals surface area contributed by atoms with Gasteiger partial charge in [0.1, 0.15) is 5.75 Å². The van der Waals surface area contributed by atoms with Gasteiger partial charge in [-0.15, -0.1) is 0 Å². The molecule has 1 fully saturated rings. The van der Waals surface area contributed by atoms with Crippen LogP contribution in [0.2, 0.25) is 5.02 Å². The minimum absolute atomic E-state index is 0.0679. The number of halogens is 3. The fourth-order valence-corrected chi connectivity index (χ4v) is 2.06. The Labute approximate surface area is 90.7 Å². The lowest BCUT2D eigenvalue weighted by Crippen LogP contribution is -2.12. The summed E-state index contributed by atoms with van der Waals surface area (Å²) < 4.78 is 26.2. The van der Waals surface area contributed by atoms with Crippen molar-refractivity contribution < 1.29 is 13.9 Å². The first-order chi connectivity index (χ1) is 6.78. The lowest BCUT2D eigenvalue weighted by atomic mass is 9.97. The van der Waals surface area contributed by atoms with E-state index in [1.54, 1.807) is 0 Å². The molecule has 1 aliphatic rings. The molecule has 0 aliphatic heterocycles. The molecule has 1 saturated carbocycles. The van der Waals surface area contributed by atoms with Crippen molar-refractivity contribution in [2.75, 3.05) is 5.73 Å². The van der Waals surface area contributed by atoms with Gasteiger partial charge < -0.3 is 10.8 Å². The number of anilines is 1. The van der Waals surface area contributed by atoms with Gasteiger partial charge in [0, 0.05) is 17.5 Å². The van der Waals surface area contributed by atoms with Gasteiger partial charge in [0.05, 0.1) is 11.1 Å². The zero-order valence-electron chi connectivity index (χ0n) is 8.02. The van der Waals surface area contributed by atoms with Crippen molar-refractivity contribution in [2.24, 2.45) is 0 Å². The largest absolute Gasteiger partial charge is 0.506 e. The van der Waals surface area contributed by atoms with Crippen molar-refractivity contribution in [3.8, 4) is 5.75 Å². The average Bonchev–Trinajstić information content (AvgIpc) is 2.60. The molecule has 2 nitrogen and oxygen atoms in total. The molecule has 1 aromatic rings. The highest BCUT2D eigenvalue weighted by molar-refractivity contribution is 6.31. The number of hydrogen-bond acceptors (Lipinski definition) is 2. The molecule has 0 saturated heterocycles. The Morgan fingerprint density at radius 1 is 1.47 bits per heavy atom. The van der Waals surface area contributed by atoms with Crippen molar-refractivity contribution in [1.29, 1.82) is 0 Å². The number of nitrogens with two attached hydrogens (primary N) is 1. The minimum atomic E-state index is -2.74. The second-order valence-corrected chi connectivity index (χ2v) is 4.51. The van der Waals surface area contributed by atoms with E-state index in [0.29, 0.717) is 5.56 Å². The maximum atomic E-state index is 13.1. The van der Waals surface area contributed by atoms with Gasteiger partial charge >= 0.3 is 0 Å². The van der Waals surface area contributed by atoms with E-state index in [1.807, 2.05) is 0 Å². The third kappa shape index (κ3) is 1.35. The smallest absolute Gasteiger partial charge is 0.258 e. The summed E-state index contributed by atoms with van der Waals surface area (Å²) in [6.07, 6.45) is -0.232. The monoisotopic (exact) mass is 233 g/mol. The molecule has 0 spiro atoms. The predicted molar refractivity (Wildman–Crippen MR) is 54.4 cm³/mol. The zero-order chi connectivity index (χ0) is 11.4. The standard InChI is InChI=1S/C10H10ClF2NO/c1-9(4-10(9,12)13)5-2-7(14)8(15)3-6(5)11/h2-3,15H,4,14H2,1H3. The first-order valence-corrected chi connectivity index (χ1v) is 4.82. The fraction of sp³-hybridized carbons (Fsp3) is 0.400. The number of nitrogen functional groups attached to an aromatic ring is 1. The zero-order valence-corrected chi connectivity index (χ0v) is 8.78. The number of alkyl halides is 2. The summed E-state index contributed by atoms with van der Waals surface area (Å²) in [5.74, 6) is -2.92. The third-order valence-corrected chi connectivity index (χ3v) is 3.28. The van der Waals surface area contributed by atoms with E-state index in [4.69, 9.17) is 17.3 Å². The summed E-state index contributed by atoms with van der Waals surface area (Å²) in [5.41, 5.74) is 4.57. The van der Waals surface area contributed by atoms with Gasteiger partial charge in [-0.25, -0.2) is 8.78 Å². The first-order valence-electron chi connectivity index (χ1n) is 4.44. The van der Waals surface area contributed by atoms with Crippen molar-refractivity contribution in [1.82, 2.24) is 0 Å². The van der Waals surface area contributed by atoms with Crippen LogP contribution in [0.4, 0.5) is 14.5 Å². The van der Waals surface area contributed by atoms with E-state index >= 15 is 0 Å². The van der Waals surface area contributed by atoms with E-state index in [2.05, 4.69) is 0 Å². The molecule has 0 aromatic heterocycles. The molecule has 0 amide bonds. The van der Waals surface area contributed by atoms with Crippen molar-refractivity contribution >= 4 is 17.3 Å². The Morgan fingerprint density at radius 2 is 2.00 bits per heavy atom. The van der Waals surface area contributed by atoms with Crippen LogP contribution in [-0.4, -0.2) is 11.0 Å². The Bertz CT molecular complexity index is 436. The van der Waals surface area contributed by atoms with Crippen molar-refractivity contribution in [3.05, 3.63) is 22.7 Å². The Balaban J connectivity index is 2.52. The fourth-order valence-electron chi connectivity index (χ4n) is 1.69. The molecule has 2 rings (SSSR count). The highest BCUT2D eigenvalue weighted by Gasteiger charge is 2.69. The van der Waals surface area contributed by atoms with Crippen LogP contribution in [0.3, 0.4) is 0 Å². The lowest BCUT2D eigenvalue weighted by molar-refractivity contribution is 0.0920. The van der Waals surface area contributed by atoms with Crippen LogP contribution in [0.15, 0.2) is 12.1 Å². The highest BCUT2D eigenvalue weighted by atomic mass is 35.5. The molecular weight excluding hydrogens is 224 g/mol. The van der Waals surface area contributed by atoms with Crippen LogP contribution in [0.1, 0.15) is 18.9 Å².